The topological polar surface area (TPSA) is 75.7 Å². The van der Waals surface area contributed by atoms with Crippen molar-refractivity contribution >= 4 is 51.2 Å². The van der Waals surface area contributed by atoms with Crippen LogP contribution in [0.2, 0.25) is 0 Å². The summed E-state index contributed by atoms with van der Waals surface area (Å²) < 4.78 is 19.4. The van der Waals surface area contributed by atoms with E-state index in [0.29, 0.717) is 15.8 Å². The molecule has 2 aromatic carbocycles. The third-order valence-electron chi connectivity index (χ3n) is 4.32. The highest BCUT2D eigenvalue weighted by Crippen LogP contribution is 2.31. The lowest BCUT2D eigenvalue weighted by Crippen LogP contribution is -2.41. The van der Waals surface area contributed by atoms with E-state index in [4.69, 9.17) is 4.74 Å². The summed E-state index contributed by atoms with van der Waals surface area (Å²) in [5.74, 6) is -1.92. The van der Waals surface area contributed by atoms with Gasteiger partial charge in [-0.25, -0.2) is 9.18 Å². The van der Waals surface area contributed by atoms with Crippen molar-refractivity contribution in [2.24, 2.45) is 0 Å². The Balaban J connectivity index is 1.68. The molecule has 2 aromatic rings. The van der Waals surface area contributed by atoms with Gasteiger partial charge in [0.05, 0.1) is 11.4 Å². The molecule has 0 spiro atoms. The molecule has 0 saturated carbocycles. The molecule has 0 fully saturated rings. The van der Waals surface area contributed by atoms with Crippen molar-refractivity contribution in [2.75, 3.05) is 16.8 Å². The van der Waals surface area contributed by atoms with Gasteiger partial charge in [0.2, 0.25) is 5.91 Å². The SMILES string of the molecule is C[C@@H]1CC(=O)Nc2ccccc2N1C(=O)COC(=O)/C=C/c1cc(Br)ccc1F. The van der Waals surface area contributed by atoms with Crippen LogP contribution < -0.4 is 10.2 Å². The van der Waals surface area contributed by atoms with Gasteiger partial charge in [-0.1, -0.05) is 28.1 Å². The van der Waals surface area contributed by atoms with Gasteiger partial charge in [0.1, 0.15) is 5.82 Å². The molecular weight excluding hydrogens is 443 g/mol. The average Bonchev–Trinajstić information content (AvgIpc) is 2.81. The van der Waals surface area contributed by atoms with E-state index in [0.717, 1.165) is 6.08 Å². The Labute approximate surface area is 175 Å². The van der Waals surface area contributed by atoms with Gasteiger partial charge in [-0.3, -0.25) is 9.59 Å². The Morgan fingerprint density at radius 2 is 2.07 bits per heavy atom. The Kier molecular flexibility index (Phi) is 6.43. The first-order valence-electron chi connectivity index (χ1n) is 8.86. The van der Waals surface area contributed by atoms with E-state index in [-0.39, 0.29) is 17.9 Å². The molecule has 1 atom stereocenters. The molecule has 0 aliphatic carbocycles. The molecule has 6 nitrogen and oxygen atoms in total. The standard InChI is InChI=1S/C21H18BrFN2O4/c1-13-10-19(26)24-17-4-2-3-5-18(17)25(13)20(27)12-29-21(28)9-6-14-11-15(22)7-8-16(14)23/h2-9,11,13H,10,12H2,1H3,(H,24,26)/b9-6+/t13-/m1/s1. The Bertz CT molecular complexity index is 992. The number of nitrogens with one attached hydrogen (secondary N) is 1. The lowest BCUT2D eigenvalue weighted by Gasteiger charge is -2.27. The molecule has 3 rings (SSSR count). The molecule has 0 aromatic heterocycles. The number of nitrogens with zero attached hydrogens (tertiary/aromatic N) is 1. The number of ether oxygens (including phenoxy) is 1. The molecule has 0 bridgehead atoms. The lowest BCUT2D eigenvalue weighted by molar-refractivity contribution is -0.143. The molecule has 2 amide bonds. The zero-order valence-corrected chi connectivity index (χ0v) is 17.1. The minimum Gasteiger partial charge on any atom is -0.452 e. The van der Waals surface area contributed by atoms with Crippen LogP contribution >= 0.6 is 15.9 Å². The summed E-state index contributed by atoms with van der Waals surface area (Å²) in [6.07, 6.45) is 2.46. The number of anilines is 2. The normalized spacial score (nSPS) is 16.2. The Morgan fingerprint density at radius 3 is 2.86 bits per heavy atom. The third kappa shape index (κ3) is 5.08. The van der Waals surface area contributed by atoms with Crippen LogP contribution in [0, 0.1) is 5.82 Å². The minimum absolute atomic E-state index is 0.121. The van der Waals surface area contributed by atoms with Crippen molar-refractivity contribution in [1.82, 2.24) is 0 Å². The summed E-state index contributed by atoms with van der Waals surface area (Å²) in [6.45, 7) is 1.24. The van der Waals surface area contributed by atoms with Crippen molar-refractivity contribution in [3.63, 3.8) is 0 Å². The summed E-state index contributed by atoms with van der Waals surface area (Å²) >= 11 is 3.23. The number of rotatable bonds is 4. The van der Waals surface area contributed by atoms with Crippen LogP contribution in [-0.2, 0) is 19.1 Å². The van der Waals surface area contributed by atoms with Gasteiger partial charge in [0, 0.05) is 28.6 Å². The number of para-hydroxylation sites is 2. The fourth-order valence-electron chi connectivity index (χ4n) is 3.02. The summed E-state index contributed by atoms with van der Waals surface area (Å²) in [5, 5.41) is 2.76. The van der Waals surface area contributed by atoms with Gasteiger partial charge in [-0.15, -0.1) is 0 Å². The van der Waals surface area contributed by atoms with Crippen molar-refractivity contribution in [3.8, 4) is 0 Å². The van der Waals surface area contributed by atoms with E-state index < -0.39 is 30.3 Å². The predicted octanol–water partition coefficient (Wildman–Crippen LogP) is 3.91. The fraction of sp³-hybridized carbons (Fsp3) is 0.190. The zero-order valence-electron chi connectivity index (χ0n) is 15.5. The van der Waals surface area contributed by atoms with Crippen LogP contribution in [0.1, 0.15) is 18.9 Å². The summed E-state index contributed by atoms with van der Waals surface area (Å²) in [7, 11) is 0. The predicted molar refractivity (Wildman–Crippen MR) is 111 cm³/mol. The number of fused-ring (bicyclic) bond motifs is 1. The van der Waals surface area contributed by atoms with E-state index in [1.54, 1.807) is 37.3 Å². The van der Waals surface area contributed by atoms with Crippen molar-refractivity contribution in [2.45, 2.75) is 19.4 Å². The highest BCUT2D eigenvalue weighted by molar-refractivity contribution is 9.10. The van der Waals surface area contributed by atoms with E-state index >= 15 is 0 Å². The summed E-state index contributed by atoms with van der Waals surface area (Å²) in [4.78, 5) is 38.1. The number of carbonyl (C=O) groups excluding carboxylic acids is 3. The minimum atomic E-state index is -0.775. The molecule has 1 N–H and O–H groups in total. The number of halogens is 2. The third-order valence-corrected chi connectivity index (χ3v) is 4.82. The smallest absolute Gasteiger partial charge is 0.331 e. The van der Waals surface area contributed by atoms with Gasteiger partial charge < -0.3 is 15.0 Å². The first-order chi connectivity index (χ1) is 13.8. The highest BCUT2D eigenvalue weighted by Gasteiger charge is 2.29. The second-order valence-corrected chi connectivity index (χ2v) is 7.40. The fourth-order valence-corrected chi connectivity index (χ4v) is 3.40. The molecule has 1 aliphatic heterocycles. The second kappa shape index (κ2) is 9.00. The monoisotopic (exact) mass is 460 g/mol. The van der Waals surface area contributed by atoms with E-state index in [9.17, 15) is 18.8 Å². The summed E-state index contributed by atoms with van der Waals surface area (Å²) in [5.41, 5.74) is 1.27. The van der Waals surface area contributed by atoms with Gasteiger partial charge >= 0.3 is 5.97 Å². The van der Waals surface area contributed by atoms with Crippen LogP contribution in [0.15, 0.2) is 53.0 Å². The highest BCUT2D eigenvalue weighted by atomic mass is 79.9. The van der Waals surface area contributed by atoms with Crippen LogP contribution in [0.25, 0.3) is 6.08 Å². The van der Waals surface area contributed by atoms with Crippen LogP contribution in [-0.4, -0.2) is 30.4 Å². The lowest BCUT2D eigenvalue weighted by atomic mass is 10.1. The van der Waals surface area contributed by atoms with E-state index in [2.05, 4.69) is 21.2 Å². The van der Waals surface area contributed by atoms with E-state index in [1.165, 1.54) is 23.1 Å². The quantitative estimate of drug-likeness (QED) is 0.554. The van der Waals surface area contributed by atoms with Crippen LogP contribution in [0.5, 0.6) is 0 Å². The molecule has 1 aliphatic rings. The number of amides is 2. The first kappa shape index (κ1) is 20.7. The summed E-state index contributed by atoms with van der Waals surface area (Å²) in [6, 6.07) is 10.9. The van der Waals surface area contributed by atoms with Crippen molar-refractivity contribution in [3.05, 3.63) is 64.4 Å². The number of benzene rings is 2. The number of hydrogen-bond acceptors (Lipinski definition) is 4. The zero-order chi connectivity index (χ0) is 21.0. The number of hydrogen-bond donors (Lipinski definition) is 1. The van der Waals surface area contributed by atoms with Crippen LogP contribution in [0.3, 0.4) is 0 Å². The molecule has 0 unspecified atom stereocenters. The van der Waals surface area contributed by atoms with Crippen molar-refractivity contribution in [1.29, 1.82) is 0 Å². The number of carbonyl (C=O) groups is 3. The first-order valence-corrected chi connectivity index (χ1v) is 9.65. The van der Waals surface area contributed by atoms with E-state index in [1.807, 2.05) is 0 Å². The molecule has 1 heterocycles. The van der Waals surface area contributed by atoms with Gasteiger partial charge in [-0.05, 0) is 43.3 Å². The maximum atomic E-state index is 13.7. The maximum absolute atomic E-state index is 13.7. The Hall–Kier alpha value is -3.00. The van der Waals surface area contributed by atoms with Gasteiger partial charge in [0.15, 0.2) is 6.61 Å². The molecule has 0 radical (unpaired) electrons. The molecule has 0 saturated heterocycles. The van der Waals surface area contributed by atoms with Gasteiger partial charge in [-0.2, -0.15) is 0 Å². The average molecular weight is 461 g/mol. The van der Waals surface area contributed by atoms with Crippen molar-refractivity contribution < 1.29 is 23.5 Å². The largest absolute Gasteiger partial charge is 0.452 e. The van der Waals surface area contributed by atoms with Gasteiger partial charge in [0.25, 0.3) is 5.91 Å². The second-order valence-electron chi connectivity index (χ2n) is 6.49. The molecule has 29 heavy (non-hydrogen) atoms. The van der Waals surface area contributed by atoms with Crippen LogP contribution in [0.4, 0.5) is 15.8 Å². The molecule has 150 valence electrons. The molecule has 8 heteroatoms. The number of esters is 1. The molecular formula is C21H18BrFN2O4. The maximum Gasteiger partial charge on any atom is 0.331 e. The Morgan fingerprint density at radius 1 is 1.31 bits per heavy atom.